The number of rotatable bonds is 2. The van der Waals surface area contributed by atoms with Crippen LogP contribution in [-0.2, 0) is 0 Å². The summed E-state index contributed by atoms with van der Waals surface area (Å²) in [6.07, 6.45) is 4.74. The van der Waals surface area contributed by atoms with Crippen molar-refractivity contribution in [3.05, 3.63) is 32.1 Å². The molecule has 1 aliphatic carbocycles. The van der Waals surface area contributed by atoms with E-state index in [9.17, 15) is 4.39 Å². The predicted molar refractivity (Wildman–Crippen MR) is 85.4 cm³/mol. The Hall–Kier alpha value is -0.360. The van der Waals surface area contributed by atoms with Crippen LogP contribution < -0.4 is 5.73 Å². The van der Waals surface area contributed by atoms with Gasteiger partial charge in [-0.15, -0.1) is 0 Å². The highest BCUT2D eigenvalue weighted by atomic mass is 127. The van der Waals surface area contributed by atoms with Gasteiger partial charge in [0.25, 0.3) is 0 Å². The molecule has 0 aliphatic heterocycles. The molecule has 1 aromatic carbocycles. The molecular weight excluding hydrogens is 378 g/mol. The Morgan fingerprint density at radius 3 is 2.74 bits per heavy atom. The molecule has 0 radical (unpaired) electrons. The van der Waals surface area contributed by atoms with E-state index in [0.29, 0.717) is 5.56 Å². The summed E-state index contributed by atoms with van der Waals surface area (Å²) in [4.78, 5) is 0. The van der Waals surface area contributed by atoms with Gasteiger partial charge in [0.1, 0.15) is 5.82 Å². The monoisotopic (exact) mass is 394 g/mol. The van der Waals surface area contributed by atoms with Gasteiger partial charge in [-0.05, 0) is 59.9 Å². The van der Waals surface area contributed by atoms with Gasteiger partial charge >= 0.3 is 0 Å². The first-order valence-electron chi connectivity index (χ1n) is 6.48. The molecule has 2 nitrogen and oxygen atoms in total. The second-order valence-corrected chi connectivity index (χ2v) is 6.70. The molecule has 0 bridgehead atoms. The number of benzene rings is 1. The second kappa shape index (κ2) is 6.39. The van der Waals surface area contributed by atoms with E-state index >= 15 is 0 Å². The number of halogens is 3. The first kappa shape index (κ1) is 15.0. The van der Waals surface area contributed by atoms with Crippen molar-refractivity contribution in [1.82, 2.24) is 0 Å². The van der Waals surface area contributed by atoms with Crippen molar-refractivity contribution >= 4 is 40.0 Å². The molecule has 2 rings (SSSR count). The van der Waals surface area contributed by atoms with Gasteiger partial charge in [0, 0.05) is 15.1 Å². The van der Waals surface area contributed by atoms with Crippen LogP contribution >= 0.6 is 34.2 Å². The summed E-state index contributed by atoms with van der Waals surface area (Å²) in [5, 5.41) is 7.82. The van der Waals surface area contributed by atoms with Crippen LogP contribution in [0.15, 0.2) is 12.1 Å². The van der Waals surface area contributed by atoms with Gasteiger partial charge in [-0.1, -0.05) is 24.4 Å². The Bertz CT molecular complexity index is 493. The quantitative estimate of drug-likeness (QED) is 0.247. The average Bonchev–Trinajstić information content (AvgIpc) is 2.60. The molecule has 1 aromatic rings. The summed E-state index contributed by atoms with van der Waals surface area (Å²) in [6.45, 7) is 0. The van der Waals surface area contributed by atoms with E-state index in [1.165, 1.54) is 0 Å². The standard InChI is InChI=1S/C14H17ClFIN2/c15-10-5-6-11(17)12(13(10)16)8-3-1-2-4-9(7-8)14(18)19/h5-6,8-9H,1-4,7H2,(H3,18,19). The molecule has 104 valence electrons. The highest BCUT2D eigenvalue weighted by Gasteiger charge is 2.27. The molecular formula is C14H17ClFIN2. The van der Waals surface area contributed by atoms with Crippen LogP contribution in [0.5, 0.6) is 0 Å². The van der Waals surface area contributed by atoms with Gasteiger partial charge < -0.3 is 5.73 Å². The van der Waals surface area contributed by atoms with Gasteiger partial charge in [0.15, 0.2) is 0 Å². The third kappa shape index (κ3) is 3.40. The zero-order chi connectivity index (χ0) is 14.0. The maximum Gasteiger partial charge on any atom is 0.146 e. The topological polar surface area (TPSA) is 49.9 Å². The normalized spacial score (nSPS) is 23.9. The molecule has 2 unspecified atom stereocenters. The Labute approximate surface area is 131 Å². The molecule has 1 aliphatic rings. The van der Waals surface area contributed by atoms with Crippen LogP contribution in [0.25, 0.3) is 0 Å². The lowest BCUT2D eigenvalue weighted by Crippen LogP contribution is -2.23. The van der Waals surface area contributed by atoms with E-state index in [2.05, 4.69) is 22.6 Å². The molecule has 0 heterocycles. The lowest BCUT2D eigenvalue weighted by Gasteiger charge is -2.21. The lowest BCUT2D eigenvalue weighted by atomic mass is 9.87. The third-order valence-corrected chi connectivity index (χ3v) is 5.08. The molecule has 19 heavy (non-hydrogen) atoms. The minimum atomic E-state index is -0.303. The van der Waals surface area contributed by atoms with Crippen LogP contribution in [0.4, 0.5) is 4.39 Å². The van der Waals surface area contributed by atoms with Crippen molar-refractivity contribution in [3.8, 4) is 0 Å². The van der Waals surface area contributed by atoms with Crippen molar-refractivity contribution in [3.63, 3.8) is 0 Å². The largest absolute Gasteiger partial charge is 0.387 e. The van der Waals surface area contributed by atoms with E-state index < -0.39 is 0 Å². The average molecular weight is 395 g/mol. The van der Waals surface area contributed by atoms with Gasteiger partial charge in [-0.2, -0.15) is 0 Å². The van der Waals surface area contributed by atoms with Gasteiger partial charge in [0.2, 0.25) is 0 Å². The molecule has 1 saturated carbocycles. The third-order valence-electron chi connectivity index (χ3n) is 3.85. The summed E-state index contributed by atoms with van der Waals surface area (Å²) < 4.78 is 15.2. The molecule has 0 spiro atoms. The minimum Gasteiger partial charge on any atom is -0.387 e. The van der Waals surface area contributed by atoms with Crippen LogP contribution in [0.2, 0.25) is 5.02 Å². The van der Waals surface area contributed by atoms with E-state index in [1.807, 2.05) is 6.07 Å². The molecule has 2 atom stereocenters. The highest BCUT2D eigenvalue weighted by molar-refractivity contribution is 14.1. The van der Waals surface area contributed by atoms with Crippen LogP contribution in [0.3, 0.4) is 0 Å². The summed E-state index contributed by atoms with van der Waals surface area (Å²) in [5.74, 6) is 0.107. The molecule has 0 amide bonds. The van der Waals surface area contributed by atoms with Gasteiger partial charge in [-0.3, -0.25) is 5.41 Å². The first-order valence-corrected chi connectivity index (χ1v) is 7.93. The zero-order valence-electron chi connectivity index (χ0n) is 10.6. The number of nitrogens with one attached hydrogen (secondary N) is 1. The Morgan fingerprint density at radius 2 is 2.05 bits per heavy atom. The van der Waals surface area contributed by atoms with E-state index in [4.69, 9.17) is 22.7 Å². The van der Waals surface area contributed by atoms with Crippen LogP contribution in [0.1, 0.15) is 43.6 Å². The van der Waals surface area contributed by atoms with E-state index in [1.54, 1.807) is 6.07 Å². The highest BCUT2D eigenvalue weighted by Crippen LogP contribution is 2.39. The first-order chi connectivity index (χ1) is 9.00. The van der Waals surface area contributed by atoms with Crippen molar-refractivity contribution < 1.29 is 4.39 Å². The number of hydrogen-bond acceptors (Lipinski definition) is 1. The van der Waals surface area contributed by atoms with Crippen molar-refractivity contribution in [1.29, 1.82) is 5.41 Å². The second-order valence-electron chi connectivity index (χ2n) is 5.13. The smallest absolute Gasteiger partial charge is 0.146 e. The number of hydrogen-bond donors (Lipinski definition) is 2. The molecule has 1 fully saturated rings. The Balaban J connectivity index is 2.34. The van der Waals surface area contributed by atoms with Crippen LogP contribution in [-0.4, -0.2) is 5.84 Å². The summed E-state index contributed by atoms with van der Waals surface area (Å²) in [5.41, 5.74) is 6.35. The maximum atomic E-state index is 14.3. The van der Waals surface area contributed by atoms with Crippen molar-refractivity contribution in [2.24, 2.45) is 11.7 Å². The minimum absolute atomic E-state index is 0.0710. The van der Waals surface area contributed by atoms with E-state index in [0.717, 1.165) is 35.7 Å². The van der Waals surface area contributed by atoms with Crippen LogP contribution in [0, 0.1) is 20.7 Å². The summed E-state index contributed by atoms with van der Waals surface area (Å²) >= 11 is 8.06. The fourth-order valence-electron chi connectivity index (χ4n) is 2.82. The molecule has 0 aromatic heterocycles. The predicted octanol–water partition coefficient (Wildman–Crippen LogP) is 4.68. The SMILES string of the molecule is N=C(N)C1CCCCC(c2c(I)ccc(Cl)c2F)C1. The van der Waals surface area contributed by atoms with Gasteiger partial charge in [0.05, 0.1) is 10.9 Å². The molecule has 0 saturated heterocycles. The fraction of sp³-hybridized carbons (Fsp3) is 0.500. The fourth-order valence-corrected chi connectivity index (χ4v) is 3.84. The molecule has 5 heteroatoms. The Morgan fingerprint density at radius 1 is 1.37 bits per heavy atom. The van der Waals surface area contributed by atoms with Crippen molar-refractivity contribution in [2.45, 2.75) is 38.0 Å². The number of nitrogens with two attached hydrogens (primary N) is 1. The van der Waals surface area contributed by atoms with Crippen molar-refractivity contribution in [2.75, 3.05) is 0 Å². The molecule has 3 N–H and O–H groups in total. The summed E-state index contributed by atoms with van der Waals surface area (Å²) in [7, 11) is 0. The zero-order valence-corrected chi connectivity index (χ0v) is 13.5. The Kier molecular flexibility index (Phi) is 5.06. The summed E-state index contributed by atoms with van der Waals surface area (Å²) in [6, 6.07) is 3.45. The lowest BCUT2D eigenvalue weighted by molar-refractivity contribution is 0.503. The van der Waals surface area contributed by atoms with E-state index in [-0.39, 0.29) is 28.5 Å². The van der Waals surface area contributed by atoms with Gasteiger partial charge in [-0.25, -0.2) is 4.39 Å². The maximum absolute atomic E-state index is 14.3. The number of amidine groups is 1.